The van der Waals surface area contributed by atoms with Crippen molar-refractivity contribution in [3.63, 3.8) is 0 Å². The van der Waals surface area contributed by atoms with Crippen LogP contribution in [0.4, 0.5) is 5.69 Å². The second-order valence-corrected chi connectivity index (χ2v) is 7.72. The Hall–Kier alpha value is -2.07. The van der Waals surface area contributed by atoms with E-state index in [1.54, 1.807) is 25.4 Å². The van der Waals surface area contributed by atoms with E-state index in [4.69, 9.17) is 0 Å². The van der Waals surface area contributed by atoms with E-state index < -0.39 is 21.0 Å². The highest BCUT2D eigenvalue weighted by molar-refractivity contribution is 7.89. The summed E-state index contributed by atoms with van der Waals surface area (Å²) in [6, 6.07) is 7.18. The Kier molecular flexibility index (Phi) is 6.30. The second-order valence-electron chi connectivity index (χ2n) is 5.83. The Labute approximate surface area is 157 Å². The van der Waals surface area contributed by atoms with E-state index in [1.807, 2.05) is 6.07 Å². The molecule has 1 unspecified atom stereocenters. The summed E-state index contributed by atoms with van der Waals surface area (Å²) in [5.74, 6) is 0. The van der Waals surface area contributed by atoms with Crippen LogP contribution in [0.1, 0.15) is 17.2 Å². The number of nitrogens with zero attached hydrogens (tertiary/aromatic N) is 3. The van der Waals surface area contributed by atoms with E-state index in [2.05, 4.69) is 10.3 Å². The third-order valence-corrected chi connectivity index (χ3v) is 6.15. The molecule has 0 saturated carbocycles. The molecule has 2 aromatic rings. The minimum absolute atomic E-state index is 0. The lowest BCUT2D eigenvalue weighted by Gasteiger charge is -2.35. The zero-order chi connectivity index (χ0) is 18.0. The summed E-state index contributed by atoms with van der Waals surface area (Å²) >= 11 is 0. The Morgan fingerprint density at radius 3 is 2.77 bits per heavy atom. The van der Waals surface area contributed by atoms with Gasteiger partial charge in [0.15, 0.2) is 0 Å². The van der Waals surface area contributed by atoms with E-state index in [-0.39, 0.29) is 29.5 Å². The van der Waals surface area contributed by atoms with Gasteiger partial charge in [-0.15, -0.1) is 12.4 Å². The summed E-state index contributed by atoms with van der Waals surface area (Å²) in [6.45, 7) is 2.84. The summed E-state index contributed by atoms with van der Waals surface area (Å²) in [5, 5.41) is 14.3. The van der Waals surface area contributed by atoms with Crippen LogP contribution in [0.15, 0.2) is 47.6 Å². The van der Waals surface area contributed by atoms with Crippen molar-refractivity contribution >= 4 is 28.1 Å². The van der Waals surface area contributed by atoms with Crippen LogP contribution in [0.25, 0.3) is 0 Å². The maximum Gasteiger partial charge on any atom is 0.273 e. The van der Waals surface area contributed by atoms with Gasteiger partial charge in [0, 0.05) is 43.7 Å². The van der Waals surface area contributed by atoms with Gasteiger partial charge in [-0.2, -0.15) is 4.31 Å². The fraction of sp³-hybridized carbons (Fsp3) is 0.312. The molecule has 0 bridgehead atoms. The molecule has 1 aliphatic heterocycles. The lowest BCUT2D eigenvalue weighted by atomic mass is 10.1. The van der Waals surface area contributed by atoms with Crippen LogP contribution in [0, 0.1) is 17.0 Å². The van der Waals surface area contributed by atoms with Crippen LogP contribution in [-0.4, -0.2) is 42.3 Å². The Morgan fingerprint density at radius 1 is 1.35 bits per heavy atom. The minimum Gasteiger partial charge on any atom is -0.313 e. The number of piperazine rings is 1. The van der Waals surface area contributed by atoms with Gasteiger partial charge in [0.05, 0.1) is 15.9 Å². The zero-order valence-electron chi connectivity index (χ0n) is 14.0. The van der Waals surface area contributed by atoms with Crippen LogP contribution in [0.3, 0.4) is 0 Å². The second kappa shape index (κ2) is 8.09. The normalized spacial score (nSPS) is 18.1. The number of nitro benzene ring substituents is 1. The summed E-state index contributed by atoms with van der Waals surface area (Å²) < 4.78 is 27.6. The zero-order valence-corrected chi connectivity index (χ0v) is 15.7. The Bertz CT molecular complexity index is 892. The van der Waals surface area contributed by atoms with E-state index in [9.17, 15) is 18.5 Å². The van der Waals surface area contributed by atoms with Crippen molar-refractivity contribution in [2.45, 2.75) is 17.9 Å². The number of nitro groups is 1. The van der Waals surface area contributed by atoms with Crippen molar-refractivity contribution in [2.75, 3.05) is 19.6 Å². The van der Waals surface area contributed by atoms with Gasteiger partial charge in [-0.05, 0) is 24.6 Å². The third kappa shape index (κ3) is 3.85. The molecule has 0 spiro atoms. The minimum atomic E-state index is -3.87. The highest BCUT2D eigenvalue weighted by atomic mass is 35.5. The number of sulfonamides is 1. The topological polar surface area (TPSA) is 105 Å². The molecule has 0 aliphatic carbocycles. The van der Waals surface area contributed by atoms with Gasteiger partial charge in [0.1, 0.15) is 0 Å². The molecule has 0 radical (unpaired) electrons. The standard InChI is InChI=1S/C16H18N4O4S.ClH/c1-12-4-5-14(9-15(12)20(21)22)25(23,24)19-8-7-18-11-16(19)13-3-2-6-17-10-13;/h2-6,9-10,16,18H,7-8,11H2,1H3;1H. The molecule has 0 amide bonds. The summed E-state index contributed by atoms with van der Waals surface area (Å²) in [4.78, 5) is 14.6. The summed E-state index contributed by atoms with van der Waals surface area (Å²) in [6.07, 6.45) is 3.26. The molecule has 3 rings (SSSR count). The Balaban J connectivity index is 0.00000243. The van der Waals surface area contributed by atoms with Crippen molar-refractivity contribution in [2.24, 2.45) is 0 Å². The molecule has 1 aromatic carbocycles. The quantitative estimate of drug-likeness (QED) is 0.624. The van der Waals surface area contributed by atoms with E-state index >= 15 is 0 Å². The molecule has 1 N–H and O–H groups in total. The number of hydrogen-bond acceptors (Lipinski definition) is 6. The van der Waals surface area contributed by atoms with Crippen molar-refractivity contribution < 1.29 is 13.3 Å². The number of nitrogens with one attached hydrogen (secondary N) is 1. The van der Waals surface area contributed by atoms with E-state index in [0.29, 0.717) is 18.7 Å². The number of aryl methyl sites for hydroxylation is 1. The number of aromatic nitrogens is 1. The molecule has 1 atom stereocenters. The van der Waals surface area contributed by atoms with Gasteiger partial charge in [-0.3, -0.25) is 15.1 Å². The first-order valence-corrected chi connectivity index (χ1v) is 9.23. The number of halogens is 1. The number of pyridine rings is 1. The average Bonchev–Trinajstić information content (AvgIpc) is 2.62. The molecule has 26 heavy (non-hydrogen) atoms. The number of benzene rings is 1. The molecule has 8 nitrogen and oxygen atoms in total. The SMILES string of the molecule is Cc1ccc(S(=O)(=O)N2CCNCC2c2cccnc2)cc1[N+](=O)[O-].Cl. The fourth-order valence-electron chi connectivity index (χ4n) is 2.91. The maximum atomic E-state index is 13.1. The first-order valence-electron chi connectivity index (χ1n) is 7.79. The average molecular weight is 399 g/mol. The predicted molar refractivity (Wildman–Crippen MR) is 98.8 cm³/mol. The molecular weight excluding hydrogens is 380 g/mol. The fourth-order valence-corrected chi connectivity index (χ4v) is 4.55. The van der Waals surface area contributed by atoms with Gasteiger partial charge in [-0.1, -0.05) is 12.1 Å². The van der Waals surface area contributed by atoms with Crippen molar-refractivity contribution in [3.8, 4) is 0 Å². The monoisotopic (exact) mass is 398 g/mol. The van der Waals surface area contributed by atoms with Gasteiger partial charge < -0.3 is 5.32 Å². The lowest BCUT2D eigenvalue weighted by Crippen LogP contribution is -2.48. The summed E-state index contributed by atoms with van der Waals surface area (Å²) in [5.41, 5.74) is 1.00. The largest absolute Gasteiger partial charge is 0.313 e. The van der Waals surface area contributed by atoms with Crippen LogP contribution in [0.5, 0.6) is 0 Å². The van der Waals surface area contributed by atoms with Crippen LogP contribution in [0.2, 0.25) is 0 Å². The molecule has 1 aliphatic rings. The first-order chi connectivity index (χ1) is 11.9. The first kappa shape index (κ1) is 20.2. The lowest BCUT2D eigenvalue weighted by molar-refractivity contribution is -0.385. The molecule has 2 heterocycles. The molecule has 140 valence electrons. The van der Waals surface area contributed by atoms with Crippen molar-refractivity contribution in [3.05, 3.63) is 64.0 Å². The highest BCUT2D eigenvalue weighted by Crippen LogP contribution is 2.30. The predicted octanol–water partition coefficient (Wildman–Crippen LogP) is 2.06. The van der Waals surface area contributed by atoms with Gasteiger partial charge >= 0.3 is 0 Å². The van der Waals surface area contributed by atoms with Crippen molar-refractivity contribution in [1.82, 2.24) is 14.6 Å². The maximum absolute atomic E-state index is 13.1. The molecule has 1 fully saturated rings. The van der Waals surface area contributed by atoms with Crippen molar-refractivity contribution in [1.29, 1.82) is 0 Å². The molecule has 1 saturated heterocycles. The van der Waals surface area contributed by atoms with Crippen LogP contribution >= 0.6 is 12.4 Å². The molecule has 1 aromatic heterocycles. The molecular formula is C16H19ClN4O4S. The smallest absolute Gasteiger partial charge is 0.273 e. The van der Waals surface area contributed by atoms with E-state index in [0.717, 1.165) is 11.6 Å². The highest BCUT2D eigenvalue weighted by Gasteiger charge is 2.35. The summed E-state index contributed by atoms with van der Waals surface area (Å²) in [7, 11) is -3.87. The van der Waals surface area contributed by atoms with Crippen LogP contribution in [-0.2, 0) is 10.0 Å². The number of rotatable bonds is 4. The van der Waals surface area contributed by atoms with Gasteiger partial charge in [0.25, 0.3) is 5.69 Å². The van der Waals surface area contributed by atoms with Gasteiger partial charge in [0.2, 0.25) is 10.0 Å². The van der Waals surface area contributed by atoms with Crippen LogP contribution < -0.4 is 5.32 Å². The van der Waals surface area contributed by atoms with E-state index in [1.165, 1.54) is 16.4 Å². The van der Waals surface area contributed by atoms with Gasteiger partial charge in [-0.25, -0.2) is 8.42 Å². The molecule has 10 heteroatoms. The Morgan fingerprint density at radius 2 is 2.12 bits per heavy atom. The number of hydrogen-bond donors (Lipinski definition) is 1. The third-order valence-electron chi connectivity index (χ3n) is 4.25.